The minimum Gasteiger partial charge on any atom is -0.398 e. The van der Waals surface area contributed by atoms with E-state index in [9.17, 15) is 4.79 Å². The van der Waals surface area contributed by atoms with Crippen molar-refractivity contribution in [2.24, 2.45) is 5.73 Å². The van der Waals surface area contributed by atoms with Crippen molar-refractivity contribution in [2.75, 3.05) is 22.1 Å². The first-order chi connectivity index (χ1) is 34.0. The van der Waals surface area contributed by atoms with Crippen LogP contribution in [0.3, 0.4) is 0 Å². The Labute approximate surface area is 421 Å². The maximum atomic E-state index is 12.9. The zero-order chi connectivity index (χ0) is 50.7. The number of aromatic nitrogens is 8. The lowest BCUT2D eigenvalue weighted by molar-refractivity contribution is -0.191. The van der Waals surface area contributed by atoms with E-state index in [0.717, 1.165) is 107 Å². The lowest BCUT2D eigenvalue weighted by Crippen LogP contribution is -2.51. The van der Waals surface area contributed by atoms with Gasteiger partial charge in [-0.2, -0.15) is 19.8 Å². The number of rotatable bonds is 8. The van der Waals surface area contributed by atoms with E-state index in [1.165, 1.54) is 0 Å². The molecule has 0 bridgehead atoms. The maximum Gasteiger partial charge on any atom is 0.373 e. The fourth-order valence-electron chi connectivity index (χ4n) is 9.01. The van der Waals surface area contributed by atoms with E-state index < -0.39 is 0 Å². The van der Waals surface area contributed by atoms with Crippen LogP contribution in [-0.2, 0) is 9.59 Å². The number of nitrogens with zero attached hydrogens (tertiary/aromatic N) is 6. The third-order valence-electron chi connectivity index (χ3n) is 12.6. The molecule has 71 heavy (non-hydrogen) atoms. The lowest BCUT2D eigenvalue weighted by Gasteiger charge is -2.39. The lowest BCUT2D eigenvalue weighted by atomic mass is 9.80. The number of halogens is 2. The second-order valence-electron chi connectivity index (χ2n) is 18.6. The number of amides is 1. The number of nitrogens with one attached hydrogen (secondary N) is 5. The predicted octanol–water partition coefficient (Wildman–Crippen LogP) is 9.85. The molecule has 17 nitrogen and oxygen atoms in total. The molecule has 2 aliphatic carbocycles. The smallest absolute Gasteiger partial charge is 0.373 e. The first-order valence-electron chi connectivity index (χ1n) is 23.3. The van der Waals surface area contributed by atoms with E-state index in [-0.39, 0.29) is 29.2 Å². The Hall–Kier alpha value is -7.43. The fourth-order valence-corrected chi connectivity index (χ4v) is 9.33. The van der Waals surface area contributed by atoms with Crippen molar-refractivity contribution in [1.82, 2.24) is 45.6 Å². The SMILES string of the molecule is Cc1cnc(N[C@@H]2CCC[C@](C)(N)C2)nc1-c1n[nH]c2ccccc12.Cc1cnc(N[C@@H]2CCC[C@](C)(NC(=O)c3ccc(N)c(Cl)c3)C2)nc1-c1n[nH]c2ccccc12.Nc1ccccc1Cl.O=C=O. The van der Waals surface area contributed by atoms with Gasteiger partial charge in [0.2, 0.25) is 11.9 Å². The number of carbonyl (C=O) groups is 1. The molecule has 10 rings (SSSR count). The second-order valence-corrected chi connectivity index (χ2v) is 19.4. The largest absolute Gasteiger partial charge is 0.398 e. The Morgan fingerprint density at radius 2 is 1.17 bits per heavy atom. The van der Waals surface area contributed by atoms with Gasteiger partial charge in [0.25, 0.3) is 5.91 Å². The van der Waals surface area contributed by atoms with Crippen LogP contribution in [0.2, 0.25) is 10.0 Å². The van der Waals surface area contributed by atoms with Crippen LogP contribution < -0.4 is 33.2 Å². The number of hydrogen-bond acceptors (Lipinski definition) is 14. The third kappa shape index (κ3) is 13.3. The minimum atomic E-state index is -0.368. The van der Waals surface area contributed by atoms with Crippen LogP contribution in [0.1, 0.15) is 86.7 Å². The van der Waals surface area contributed by atoms with E-state index in [1.807, 2.05) is 80.8 Å². The van der Waals surface area contributed by atoms with E-state index in [1.54, 1.807) is 30.3 Å². The number of carbonyl (C=O) groups excluding carboxylic acids is 3. The third-order valence-corrected chi connectivity index (χ3v) is 13.2. The summed E-state index contributed by atoms with van der Waals surface area (Å²) in [7, 11) is 0. The highest BCUT2D eigenvalue weighted by atomic mass is 35.5. The van der Waals surface area contributed by atoms with Crippen LogP contribution in [0.25, 0.3) is 44.6 Å². The molecule has 8 aromatic rings. The fraction of sp³-hybridized carbons (Fsp3) is 0.308. The van der Waals surface area contributed by atoms with Gasteiger partial charge in [0.1, 0.15) is 11.4 Å². The molecule has 1 amide bonds. The van der Waals surface area contributed by atoms with Crippen molar-refractivity contribution in [2.45, 2.75) is 102 Å². The molecule has 4 heterocycles. The van der Waals surface area contributed by atoms with Crippen LogP contribution in [-0.4, -0.2) is 75.6 Å². The highest BCUT2D eigenvalue weighted by Crippen LogP contribution is 2.33. The second kappa shape index (κ2) is 23.0. The van der Waals surface area contributed by atoms with Gasteiger partial charge in [0.05, 0.1) is 43.8 Å². The average Bonchev–Trinajstić information content (AvgIpc) is 3.97. The predicted molar refractivity (Wildman–Crippen MR) is 281 cm³/mol. The number of para-hydroxylation sites is 3. The van der Waals surface area contributed by atoms with Gasteiger partial charge in [-0.25, -0.2) is 19.9 Å². The summed E-state index contributed by atoms with van der Waals surface area (Å²) >= 11 is 11.7. The number of aromatic amines is 2. The quantitative estimate of drug-likeness (QED) is 0.0658. The molecule has 0 radical (unpaired) electrons. The first-order valence-corrected chi connectivity index (χ1v) is 24.0. The van der Waals surface area contributed by atoms with E-state index in [2.05, 4.69) is 66.2 Å². The number of aryl methyl sites for hydroxylation is 2. The summed E-state index contributed by atoms with van der Waals surface area (Å²) in [6.07, 6.45) is 11.8. The molecular formula is C52H58Cl2N14O3. The zero-order valence-corrected chi connectivity index (χ0v) is 41.5. The number of benzene rings is 4. The molecular weight excluding hydrogens is 940 g/mol. The molecule has 19 heteroatoms. The van der Waals surface area contributed by atoms with Gasteiger partial charge >= 0.3 is 6.15 Å². The molecule has 11 N–H and O–H groups in total. The first kappa shape index (κ1) is 51.4. The van der Waals surface area contributed by atoms with Gasteiger partial charge in [-0.05, 0) is 133 Å². The molecule has 2 saturated carbocycles. The van der Waals surface area contributed by atoms with E-state index in [0.29, 0.717) is 44.9 Å². The molecule has 2 aliphatic rings. The molecule has 4 aromatic carbocycles. The standard InChI is InChI=1S/C26H28ClN7O.C19H24N6.C6H6ClN.CO2/c1-15-14-29-25(31-22(15)23-18-7-3-4-8-21(18)33-34-23)30-17-6-5-11-26(2,13-17)32-24(35)16-9-10-20(28)19(27)12-16;1-12-11-21-18(22-13-6-5-9-19(2,20)10-13)23-16(12)17-14-7-3-4-8-15(14)24-25-17;7-5-3-1-2-4-6(5)8;2-1-3/h3-4,7-10,12,14,17H,5-6,11,13,28H2,1-2H3,(H,32,35)(H,33,34)(H,29,30,31);3-4,7-8,11,13H,5-6,9-10,20H2,1-2H3,(H,24,25)(H,21,22,23);1-4H,8H2;/t17-,26+;13-,19+;;/m11../s1. The van der Waals surface area contributed by atoms with Gasteiger partial charge in [0.15, 0.2) is 0 Å². The summed E-state index contributed by atoms with van der Waals surface area (Å²) in [5.41, 5.74) is 25.9. The summed E-state index contributed by atoms with van der Waals surface area (Å²) in [4.78, 5) is 47.7. The van der Waals surface area contributed by atoms with Gasteiger partial charge in [-0.1, -0.05) is 71.7 Å². The Morgan fingerprint density at radius 3 is 1.68 bits per heavy atom. The summed E-state index contributed by atoms with van der Waals surface area (Å²) in [5, 5.41) is 28.4. The monoisotopic (exact) mass is 996 g/mol. The summed E-state index contributed by atoms with van der Waals surface area (Å²) in [6.45, 7) is 8.20. The summed E-state index contributed by atoms with van der Waals surface area (Å²) in [5.74, 6) is 1.05. The van der Waals surface area contributed by atoms with Crippen molar-refractivity contribution in [1.29, 1.82) is 0 Å². The topological polar surface area (TPSA) is 274 Å². The maximum absolute atomic E-state index is 12.9. The highest BCUT2D eigenvalue weighted by Gasteiger charge is 2.34. The van der Waals surface area contributed by atoms with Gasteiger partial charge < -0.3 is 33.2 Å². The number of H-pyrrole nitrogens is 2. The summed E-state index contributed by atoms with van der Waals surface area (Å²) < 4.78 is 0. The highest BCUT2D eigenvalue weighted by molar-refractivity contribution is 6.33. The number of fused-ring (bicyclic) bond motifs is 2. The molecule has 0 aliphatic heterocycles. The Balaban J connectivity index is 0.000000178. The molecule has 4 aromatic heterocycles. The van der Waals surface area contributed by atoms with Crippen LogP contribution in [0.5, 0.6) is 0 Å². The number of nitrogens with two attached hydrogens (primary N) is 3. The molecule has 2 fully saturated rings. The van der Waals surface area contributed by atoms with Crippen molar-refractivity contribution in [3.63, 3.8) is 0 Å². The van der Waals surface area contributed by atoms with Crippen molar-refractivity contribution in [3.8, 4) is 22.8 Å². The number of anilines is 4. The molecule has 0 spiro atoms. The number of nitrogen functional groups attached to an aromatic ring is 2. The van der Waals surface area contributed by atoms with E-state index in [4.69, 9.17) is 60.0 Å². The van der Waals surface area contributed by atoms with E-state index >= 15 is 0 Å². The van der Waals surface area contributed by atoms with Crippen LogP contribution in [0, 0.1) is 13.8 Å². The molecule has 0 saturated heterocycles. The van der Waals surface area contributed by atoms with Gasteiger partial charge in [-0.3, -0.25) is 15.0 Å². The molecule has 4 atom stereocenters. The van der Waals surface area contributed by atoms with Crippen molar-refractivity contribution in [3.05, 3.63) is 130 Å². The van der Waals surface area contributed by atoms with Crippen LogP contribution in [0.4, 0.5) is 23.3 Å². The minimum absolute atomic E-state index is 0.109. The number of hydrogen-bond donors (Lipinski definition) is 8. The van der Waals surface area contributed by atoms with Crippen LogP contribution >= 0.6 is 23.2 Å². The van der Waals surface area contributed by atoms with Crippen LogP contribution in [0.15, 0.2) is 103 Å². The average molecular weight is 998 g/mol. The van der Waals surface area contributed by atoms with Crippen molar-refractivity contribution < 1.29 is 14.4 Å². The Morgan fingerprint density at radius 1 is 0.676 bits per heavy atom. The Bertz CT molecular complexity index is 3130. The van der Waals surface area contributed by atoms with Gasteiger partial charge in [0, 0.05) is 51.9 Å². The molecule has 0 unspecified atom stereocenters. The summed E-state index contributed by atoms with van der Waals surface area (Å²) in [6, 6.07) is 28.7. The zero-order valence-electron chi connectivity index (χ0n) is 40.0. The molecule has 368 valence electrons. The van der Waals surface area contributed by atoms with Crippen molar-refractivity contribution >= 4 is 80.3 Å². The van der Waals surface area contributed by atoms with Gasteiger partial charge in [-0.15, -0.1) is 0 Å². The normalized spacial score (nSPS) is 19.4. The Kier molecular flexibility index (Phi) is 16.7.